The van der Waals surface area contributed by atoms with Crippen LogP contribution in [0.25, 0.3) is 32.8 Å². The number of aliphatic hydroxyl groups is 2. The summed E-state index contributed by atoms with van der Waals surface area (Å²) in [5.74, 6) is -0.151. The molecule has 6 rings (SSSR count). The van der Waals surface area contributed by atoms with Gasteiger partial charge in [0.15, 0.2) is 41.3 Å². The minimum absolute atomic E-state index is 0.0606. The number of alkyl halides is 1. The maximum atomic E-state index is 15.6. The molecular formula is C21H25FN13O8PS. The van der Waals surface area contributed by atoms with Gasteiger partial charge in [0.25, 0.3) is 5.56 Å². The van der Waals surface area contributed by atoms with E-state index < -0.39 is 74.6 Å². The van der Waals surface area contributed by atoms with Gasteiger partial charge in [-0.25, -0.2) is 24.3 Å². The number of anilines is 2. The number of halogens is 1. The van der Waals surface area contributed by atoms with E-state index in [2.05, 4.69) is 39.9 Å². The largest absolute Gasteiger partial charge is 0.396 e. The number of H-pyrrole nitrogens is 1. The summed E-state index contributed by atoms with van der Waals surface area (Å²) in [7, 11) is 0. The van der Waals surface area contributed by atoms with Crippen molar-refractivity contribution < 1.29 is 38.0 Å². The lowest BCUT2D eigenvalue weighted by Gasteiger charge is -2.26. The predicted octanol–water partition coefficient (Wildman–Crippen LogP) is -0.702. The third-order valence-corrected chi connectivity index (χ3v) is 8.80. The molecule has 9 atom stereocenters. The van der Waals surface area contributed by atoms with Gasteiger partial charge >= 0.3 is 6.72 Å². The number of hydrogen-bond donors (Lipinski definition) is 6. The Balaban J connectivity index is 1.22. The number of nitrogens with zero attached hydrogens (tertiary/aromatic N) is 10. The Hall–Kier alpha value is -3.89. The van der Waals surface area contributed by atoms with Crippen molar-refractivity contribution in [1.29, 1.82) is 0 Å². The monoisotopic (exact) mass is 669 g/mol. The van der Waals surface area contributed by atoms with Gasteiger partial charge in [-0.2, -0.15) is 4.98 Å². The van der Waals surface area contributed by atoms with Gasteiger partial charge in [-0.1, -0.05) is 5.11 Å². The average Bonchev–Trinajstić information content (AvgIpc) is 3.75. The second-order valence-electron chi connectivity index (χ2n) is 9.97. The fourth-order valence-electron chi connectivity index (χ4n) is 5.23. The van der Waals surface area contributed by atoms with Crippen LogP contribution < -0.4 is 17.0 Å². The van der Waals surface area contributed by atoms with Crippen molar-refractivity contribution in [3.63, 3.8) is 0 Å². The number of rotatable bonds is 10. The molecule has 2 fully saturated rings. The maximum absolute atomic E-state index is 15.6. The number of nitrogens with one attached hydrogen (secondary N) is 1. The van der Waals surface area contributed by atoms with E-state index in [1.165, 1.54) is 21.8 Å². The van der Waals surface area contributed by atoms with Crippen LogP contribution in [0.1, 0.15) is 18.9 Å². The molecule has 4 aromatic heterocycles. The number of fused-ring (bicyclic) bond motifs is 2. The molecule has 0 radical (unpaired) electrons. The van der Waals surface area contributed by atoms with Gasteiger partial charge in [-0.05, 0) is 23.8 Å². The second kappa shape index (κ2) is 12.1. The highest BCUT2D eigenvalue weighted by atomic mass is 32.5. The predicted molar refractivity (Wildman–Crippen MR) is 153 cm³/mol. The van der Waals surface area contributed by atoms with Crippen LogP contribution in [0.3, 0.4) is 0 Å². The lowest BCUT2D eigenvalue weighted by molar-refractivity contribution is -0.0527. The molecule has 0 aliphatic carbocycles. The number of nitrogens with two attached hydrogens (primary N) is 2. The van der Waals surface area contributed by atoms with Crippen molar-refractivity contribution in [2.45, 2.75) is 55.5 Å². The number of azide groups is 1. The molecule has 2 aliphatic heterocycles. The smallest absolute Gasteiger partial charge is 0.325 e. The van der Waals surface area contributed by atoms with E-state index in [4.69, 9.17) is 47.3 Å². The number of aliphatic hydroxyl groups excluding tert-OH is 2. The van der Waals surface area contributed by atoms with E-state index in [9.17, 15) is 19.9 Å². The third-order valence-electron chi connectivity index (χ3n) is 7.24. The highest BCUT2D eigenvalue weighted by Crippen LogP contribution is 2.51. The van der Waals surface area contributed by atoms with E-state index in [1.54, 1.807) is 0 Å². The van der Waals surface area contributed by atoms with Crippen LogP contribution in [0, 0.1) is 0 Å². The molecule has 240 valence electrons. The summed E-state index contributed by atoms with van der Waals surface area (Å²) in [6.45, 7) is -5.33. The van der Waals surface area contributed by atoms with Gasteiger partial charge in [0.2, 0.25) is 5.95 Å². The Kier molecular flexibility index (Phi) is 8.39. The SMILES string of the molecule is [N-]=[N+]=NC1[C@@H](O)[C@H](n2cnc3c(N)ncnc32)O[C@@H]1COP(O)(=S)O[C@@H]1[C@H](F)[C@@H](CCO)O[C@H]1n1cnc2c(=O)[nH]c(N)nc21. The summed E-state index contributed by atoms with van der Waals surface area (Å²) >= 11 is 5.18. The summed E-state index contributed by atoms with van der Waals surface area (Å²) < 4.78 is 41.0. The first-order valence-electron chi connectivity index (χ1n) is 13.1. The van der Waals surface area contributed by atoms with Crippen LogP contribution in [-0.2, 0) is 30.3 Å². The van der Waals surface area contributed by atoms with Crippen molar-refractivity contribution in [1.82, 2.24) is 39.0 Å². The van der Waals surface area contributed by atoms with E-state index in [-0.39, 0.29) is 40.5 Å². The molecule has 21 nitrogen and oxygen atoms in total. The molecule has 6 heterocycles. The fraction of sp³-hybridized carbons (Fsp3) is 0.524. The van der Waals surface area contributed by atoms with Gasteiger partial charge in [-0.3, -0.25) is 23.4 Å². The number of ether oxygens (including phenoxy) is 2. The van der Waals surface area contributed by atoms with Gasteiger partial charge < -0.3 is 40.6 Å². The molecule has 2 saturated heterocycles. The van der Waals surface area contributed by atoms with E-state index in [1.807, 2.05) is 0 Å². The zero-order valence-electron chi connectivity index (χ0n) is 22.7. The van der Waals surface area contributed by atoms with Crippen LogP contribution in [0.15, 0.2) is 28.9 Å². The summed E-state index contributed by atoms with van der Waals surface area (Å²) in [5, 5.41) is 24.0. The lowest BCUT2D eigenvalue weighted by atomic mass is 10.1. The van der Waals surface area contributed by atoms with Crippen molar-refractivity contribution >= 4 is 52.6 Å². The minimum Gasteiger partial charge on any atom is -0.396 e. The van der Waals surface area contributed by atoms with Gasteiger partial charge in [-0.15, -0.1) is 0 Å². The molecule has 2 aliphatic rings. The van der Waals surface area contributed by atoms with Crippen LogP contribution in [0.2, 0.25) is 0 Å². The van der Waals surface area contributed by atoms with Crippen LogP contribution >= 0.6 is 6.72 Å². The Morgan fingerprint density at radius 1 is 1.16 bits per heavy atom. The molecule has 0 aromatic carbocycles. The molecule has 0 saturated carbocycles. The van der Waals surface area contributed by atoms with Crippen molar-refractivity contribution in [3.05, 3.63) is 39.8 Å². The van der Waals surface area contributed by atoms with Crippen LogP contribution in [0.5, 0.6) is 0 Å². The second-order valence-corrected chi connectivity index (χ2v) is 12.8. The van der Waals surface area contributed by atoms with E-state index in [0.29, 0.717) is 0 Å². The third kappa shape index (κ3) is 5.70. The quantitative estimate of drug-likeness (QED) is 0.0526. The first-order chi connectivity index (χ1) is 21.5. The summed E-state index contributed by atoms with van der Waals surface area (Å²) in [6.07, 6.45) is -6.42. The minimum atomic E-state index is -4.33. The molecule has 8 N–H and O–H groups in total. The van der Waals surface area contributed by atoms with Gasteiger partial charge in [0.1, 0.15) is 24.1 Å². The maximum Gasteiger partial charge on any atom is 0.325 e. The Bertz CT molecular complexity index is 1890. The first-order valence-corrected chi connectivity index (χ1v) is 15.7. The number of nitrogen functional groups attached to an aromatic ring is 2. The number of aromatic amines is 1. The van der Waals surface area contributed by atoms with Crippen LogP contribution in [-0.4, -0.2) is 104 Å². The first kappa shape index (κ1) is 31.1. The highest BCUT2D eigenvalue weighted by molar-refractivity contribution is 8.07. The summed E-state index contributed by atoms with van der Waals surface area (Å²) in [5.41, 5.74) is 20.3. The molecular weight excluding hydrogens is 644 g/mol. The molecule has 24 heteroatoms. The summed E-state index contributed by atoms with van der Waals surface area (Å²) in [4.78, 5) is 48.5. The zero-order chi connectivity index (χ0) is 32.0. The van der Waals surface area contributed by atoms with Crippen molar-refractivity contribution in [2.75, 3.05) is 24.7 Å². The summed E-state index contributed by atoms with van der Waals surface area (Å²) in [6, 6.07) is -1.23. The standard InChI is InChI=1S/C21H25FN13O8PS/c22-9-7(1-2-36)41-20(35-6-29-12-17(35)30-21(24)31-18(12)38)14(9)43-44(39,45)40-3-8-10(32-33-25)13(37)19(42-8)34-5-28-11-15(23)26-4-27-16(11)34/h4-10,13-14,19-20,36-37H,1-3H2,(H,39,45)(H2,23,26,27)(H3,24,30,31,38)/t7-,8-,9-,10?,13-,14-,19-,20-,44?/m1/s1. The van der Waals surface area contributed by atoms with Gasteiger partial charge in [0.05, 0.1) is 37.5 Å². The number of imidazole rings is 2. The molecule has 2 unspecified atom stereocenters. The number of hydrogen-bond acceptors (Lipinski definition) is 16. The average molecular weight is 670 g/mol. The van der Waals surface area contributed by atoms with Crippen LogP contribution in [0.4, 0.5) is 16.2 Å². The van der Waals surface area contributed by atoms with E-state index in [0.717, 1.165) is 6.33 Å². The van der Waals surface area contributed by atoms with Crippen molar-refractivity contribution in [2.24, 2.45) is 5.11 Å². The zero-order valence-corrected chi connectivity index (χ0v) is 24.4. The highest BCUT2D eigenvalue weighted by Gasteiger charge is 2.50. The topological polar surface area (TPSA) is 306 Å². The number of aromatic nitrogens is 8. The molecule has 0 spiro atoms. The molecule has 4 aromatic rings. The molecule has 0 bridgehead atoms. The fourth-order valence-corrected chi connectivity index (χ4v) is 6.63. The Labute approximate surface area is 254 Å². The van der Waals surface area contributed by atoms with Gasteiger partial charge in [0, 0.05) is 11.5 Å². The lowest BCUT2D eigenvalue weighted by Crippen LogP contribution is -2.33. The molecule has 45 heavy (non-hydrogen) atoms. The van der Waals surface area contributed by atoms with E-state index >= 15 is 4.39 Å². The normalized spacial score (nSPS) is 29.7. The van der Waals surface area contributed by atoms with Crippen molar-refractivity contribution in [3.8, 4) is 0 Å². The Morgan fingerprint density at radius 3 is 2.60 bits per heavy atom. The Morgan fingerprint density at radius 2 is 1.87 bits per heavy atom. The molecule has 0 amide bonds.